The van der Waals surface area contributed by atoms with Gasteiger partial charge in [-0.1, -0.05) is 43.5 Å². The third-order valence-electron chi connectivity index (χ3n) is 4.72. The van der Waals surface area contributed by atoms with Gasteiger partial charge >= 0.3 is 0 Å². The van der Waals surface area contributed by atoms with E-state index in [2.05, 4.69) is 24.5 Å². The second kappa shape index (κ2) is 6.62. The van der Waals surface area contributed by atoms with Crippen molar-refractivity contribution in [3.63, 3.8) is 0 Å². The number of hydrogen-bond acceptors (Lipinski definition) is 2. The van der Waals surface area contributed by atoms with Crippen molar-refractivity contribution in [2.24, 2.45) is 0 Å². The predicted molar refractivity (Wildman–Crippen MR) is 105 cm³/mol. The summed E-state index contributed by atoms with van der Waals surface area (Å²) in [5.41, 5.74) is 5.01. The van der Waals surface area contributed by atoms with Gasteiger partial charge in [-0.3, -0.25) is 4.98 Å². The molecule has 1 aliphatic rings. The van der Waals surface area contributed by atoms with E-state index in [1.165, 1.54) is 18.4 Å². The molecule has 130 valence electrons. The van der Waals surface area contributed by atoms with Crippen molar-refractivity contribution < 1.29 is 0 Å². The number of pyridine rings is 1. The van der Waals surface area contributed by atoms with Gasteiger partial charge in [0.25, 0.3) is 0 Å². The van der Waals surface area contributed by atoms with Crippen LogP contribution in [0.2, 0.25) is 10.0 Å². The van der Waals surface area contributed by atoms with Gasteiger partial charge in [-0.25, -0.2) is 4.98 Å². The first kappa shape index (κ1) is 16.9. The number of halogens is 2. The standard InChI is InChI=1S/C20H21Cl2N3/c1-3-5-13-11-17-20(24-18(4-2)25(17)14-7-8-14)19(23-13)15-9-6-12(21)10-16(15)22/h6,9-11,14H,3-5,7-8H2,1-2H3. The lowest BCUT2D eigenvalue weighted by molar-refractivity contribution is 0.708. The second-order valence-corrected chi connectivity index (χ2v) is 7.53. The average Bonchev–Trinajstić information content (AvgIpc) is 3.35. The summed E-state index contributed by atoms with van der Waals surface area (Å²) in [4.78, 5) is 9.86. The Balaban J connectivity index is 2.01. The Bertz CT molecular complexity index is 942. The maximum absolute atomic E-state index is 6.49. The molecule has 0 radical (unpaired) electrons. The molecule has 0 bridgehead atoms. The minimum Gasteiger partial charge on any atom is -0.325 e. The molecule has 0 aliphatic heterocycles. The normalized spacial score (nSPS) is 14.4. The van der Waals surface area contributed by atoms with Crippen molar-refractivity contribution >= 4 is 34.2 Å². The highest BCUT2D eigenvalue weighted by molar-refractivity contribution is 6.36. The lowest BCUT2D eigenvalue weighted by Crippen LogP contribution is -2.01. The molecule has 4 rings (SSSR count). The van der Waals surface area contributed by atoms with E-state index in [4.69, 9.17) is 33.2 Å². The smallest absolute Gasteiger partial charge is 0.115 e. The first-order chi connectivity index (χ1) is 12.1. The van der Waals surface area contributed by atoms with Crippen molar-refractivity contribution in [2.75, 3.05) is 0 Å². The molecule has 3 nitrogen and oxygen atoms in total. The van der Waals surface area contributed by atoms with Crippen molar-refractivity contribution in [2.45, 2.75) is 52.0 Å². The number of aryl methyl sites for hydroxylation is 2. The van der Waals surface area contributed by atoms with Crippen LogP contribution >= 0.6 is 23.2 Å². The Hall–Kier alpha value is -1.58. The average molecular weight is 374 g/mol. The zero-order valence-corrected chi connectivity index (χ0v) is 16.0. The molecule has 1 saturated carbocycles. The van der Waals surface area contributed by atoms with Crippen LogP contribution in [-0.4, -0.2) is 14.5 Å². The Labute approximate surface area is 158 Å². The fourth-order valence-corrected chi connectivity index (χ4v) is 3.93. The van der Waals surface area contributed by atoms with Crippen molar-refractivity contribution in [3.8, 4) is 11.3 Å². The Morgan fingerprint density at radius 3 is 2.56 bits per heavy atom. The molecule has 0 unspecified atom stereocenters. The number of rotatable bonds is 5. The van der Waals surface area contributed by atoms with Gasteiger partial charge in [-0.05, 0) is 43.5 Å². The number of benzene rings is 1. The van der Waals surface area contributed by atoms with E-state index in [9.17, 15) is 0 Å². The lowest BCUT2D eigenvalue weighted by Gasteiger charge is -2.10. The fourth-order valence-electron chi connectivity index (χ4n) is 3.44. The van der Waals surface area contributed by atoms with E-state index in [1.807, 2.05) is 12.1 Å². The number of imidazole rings is 1. The van der Waals surface area contributed by atoms with E-state index >= 15 is 0 Å². The van der Waals surface area contributed by atoms with Crippen LogP contribution in [0.1, 0.15) is 50.7 Å². The largest absolute Gasteiger partial charge is 0.325 e. The summed E-state index contributed by atoms with van der Waals surface area (Å²) in [6.07, 6.45) is 5.40. The summed E-state index contributed by atoms with van der Waals surface area (Å²) >= 11 is 12.6. The first-order valence-electron chi connectivity index (χ1n) is 8.98. The van der Waals surface area contributed by atoms with Crippen LogP contribution in [0.5, 0.6) is 0 Å². The number of nitrogens with zero attached hydrogens (tertiary/aromatic N) is 3. The SMILES string of the molecule is CCCc1cc2c(nc(CC)n2C2CC2)c(-c2ccc(Cl)cc2Cl)n1. The Kier molecular flexibility index (Phi) is 4.47. The van der Waals surface area contributed by atoms with Crippen LogP contribution in [0.3, 0.4) is 0 Å². The molecule has 2 aromatic heterocycles. The van der Waals surface area contributed by atoms with Crippen LogP contribution in [0.25, 0.3) is 22.3 Å². The zero-order chi connectivity index (χ0) is 17.6. The van der Waals surface area contributed by atoms with Gasteiger partial charge in [0, 0.05) is 28.7 Å². The van der Waals surface area contributed by atoms with Crippen LogP contribution in [0, 0.1) is 0 Å². The summed E-state index contributed by atoms with van der Waals surface area (Å²) in [7, 11) is 0. The third kappa shape index (κ3) is 3.04. The predicted octanol–water partition coefficient (Wildman–Crippen LogP) is 6.25. The summed E-state index contributed by atoms with van der Waals surface area (Å²) in [5.74, 6) is 1.14. The topological polar surface area (TPSA) is 30.7 Å². The van der Waals surface area contributed by atoms with Gasteiger partial charge in [-0.15, -0.1) is 0 Å². The molecular formula is C20H21Cl2N3. The maximum Gasteiger partial charge on any atom is 0.115 e. The molecular weight excluding hydrogens is 353 g/mol. The molecule has 0 amide bonds. The molecule has 1 aromatic carbocycles. The molecule has 1 fully saturated rings. The molecule has 25 heavy (non-hydrogen) atoms. The van der Waals surface area contributed by atoms with Crippen molar-refractivity contribution in [3.05, 3.63) is 45.8 Å². The van der Waals surface area contributed by atoms with Gasteiger partial charge in [0.1, 0.15) is 11.3 Å². The number of aromatic nitrogens is 3. The van der Waals surface area contributed by atoms with Crippen LogP contribution < -0.4 is 0 Å². The number of hydrogen-bond donors (Lipinski definition) is 0. The van der Waals surface area contributed by atoms with E-state index in [0.29, 0.717) is 16.1 Å². The highest BCUT2D eigenvalue weighted by Crippen LogP contribution is 2.41. The van der Waals surface area contributed by atoms with Crippen LogP contribution in [-0.2, 0) is 12.8 Å². The monoisotopic (exact) mass is 373 g/mol. The summed E-state index contributed by atoms with van der Waals surface area (Å²) in [6.45, 7) is 4.34. The molecule has 2 heterocycles. The van der Waals surface area contributed by atoms with Gasteiger partial charge in [0.05, 0.1) is 16.2 Å². The fraction of sp³-hybridized carbons (Fsp3) is 0.400. The Morgan fingerprint density at radius 2 is 1.92 bits per heavy atom. The van der Waals surface area contributed by atoms with E-state index < -0.39 is 0 Å². The second-order valence-electron chi connectivity index (χ2n) is 6.69. The van der Waals surface area contributed by atoms with E-state index in [0.717, 1.165) is 47.6 Å². The molecule has 0 N–H and O–H groups in total. The number of fused-ring (bicyclic) bond motifs is 1. The van der Waals surface area contributed by atoms with Gasteiger partial charge < -0.3 is 4.57 Å². The molecule has 5 heteroatoms. The first-order valence-corrected chi connectivity index (χ1v) is 9.74. The van der Waals surface area contributed by atoms with Crippen molar-refractivity contribution in [1.29, 1.82) is 0 Å². The minimum atomic E-state index is 0.588. The van der Waals surface area contributed by atoms with Crippen LogP contribution in [0.15, 0.2) is 24.3 Å². The highest BCUT2D eigenvalue weighted by atomic mass is 35.5. The summed E-state index contributed by atoms with van der Waals surface area (Å²) < 4.78 is 2.42. The molecule has 0 saturated heterocycles. The molecule has 0 atom stereocenters. The summed E-state index contributed by atoms with van der Waals surface area (Å²) in [5, 5.41) is 1.25. The van der Waals surface area contributed by atoms with Crippen LogP contribution in [0.4, 0.5) is 0 Å². The van der Waals surface area contributed by atoms with Gasteiger partial charge in [-0.2, -0.15) is 0 Å². The van der Waals surface area contributed by atoms with Gasteiger partial charge in [0.15, 0.2) is 0 Å². The molecule has 1 aliphatic carbocycles. The van der Waals surface area contributed by atoms with E-state index in [1.54, 1.807) is 6.07 Å². The highest BCUT2D eigenvalue weighted by Gasteiger charge is 2.29. The summed E-state index contributed by atoms with van der Waals surface area (Å²) in [6, 6.07) is 8.39. The minimum absolute atomic E-state index is 0.588. The third-order valence-corrected chi connectivity index (χ3v) is 5.27. The Morgan fingerprint density at radius 1 is 1.12 bits per heavy atom. The van der Waals surface area contributed by atoms with E-state index in [-0.39, 0.29) is 0 Å². The van der Waals surface area contributed by atoms with Gasteiger partial charge in [0.2, 0.25) is 0 Å². The quantitative estimate of drug-likeness (QED) is 0.528. The maximum atomic E-state index is 6.49. The lowest BCUT2D eigenvalue weighted by atomic mass is 10.1. The van der Waals surface area contributed by atoms with Crippen molar-refractivity contribution in [1.82, 2.24) is 14.5 Å². The zero-order valence-electron chi connectivity index (χ0n) is 14.5. The molecule has 0 spiro atoms. The molecule has 3 aromatic rings.